The third-order valence-corrected chi connectivity index (χ3v) is 8.62. The first-order chi connectivity index (χ1) is 21.8. The minimum absolute atomic E-state index is 0.0155. The summed E-state index contributed by atoms with van der Waals surface area (Å²) in [7, 11) is -2.64. The van der Waals surface area contributed by atoms with E-state index in [4.69, 9.17) is 18.5 Å². The van der Waals surface area contributed by atoms with Crippen LogP contribution in [0.5, 0.6) is 0 Å². The van der Waals surface area contributed by atoms with Crippen molar-refractivity contribution in [2.45, 2.75) is 168 Å². The third-order valence-electron chi connectivity index (χ3n) is 7.64. The van der Waals surface area contributed by atoms with Crippen LogP contribution in [-0.4, -0.2) is 56.3 Å². The van der Waals surface area contributed by atoms with E-state index in [-0.39, 0.29) is 32.0 Å². The van der Waals surface area contributed by atoms with Gasteiger partial charge in [-0.25, -0.2) is 4.57 Å². The van der Waals surface area contributed by atoms with Crippen LogP contribution in [0.25, 0.3) is 0 Å². The van der Waals surface area contributed by atoms with E-state index in [2.05, 4.69) is 31.3 Å². The highest BCUT2D eigenvalue weighted by atomic mass is 31.2. The predicted molar refractivity (Wildman–Crippen MR) is 183 cm³/mol. The molecule has 0 heterocycles. The summed E-state index contributed by atoms with van der Waals surface area (Å²) in [6, 6.07) is 0. The second kappa shape index (κ2) is 32.7. The number of phosphoric acid groups is 1. The highest BCUT2D eigenvalue weighted by Crippen LogP contribution is 2.43. The average Bonchev–Trinajstić information content (AvgIpc) is 3.01. The minimum atomic E-state index is -4.33. The van der Waals surface area contributed by atoms with Crippen molar-refractivity contribution < 1.29 is 37.6 Å². The summed E-state index contributed by atoms with van der Waals surface area (Å²) in [5.41, 5.74) is 0. The van der Waals surface area contributed by atoms with Gasteiger partial charge in [0.15, 0.2) is 6.10 Å². The Morgan fingerprint density at radius 1 is 0.667 bits per heavy atom. The second-order valence-corrected chi connectivity index (χ2v) is 13.5. The summed E-state index contributed by atoms with van der Waals surface area (Å²) in [6.45, 7) is 4.16. The lowest BCUT2D eigenvalue weighted by Crippen LogP contribution is -2.29. The van der Waals surface area contributed by atoms with Crippen LogP contribution < -0.4 is 5.32 Å². The molecule has 0 aliphatic rings. The molecule has 2 N–H and O–H groups in total. The molecule has 0 radical (unpaired) electrons. The van der Waals surface area contributed by atoms with Gasteiger partial charge in [0.05, 0.1) is 13.2 Å². The van der Waals surface area contributed by atoms with Crippen LogP contribution in [0.2, 0.25) is 0 Å². The van der Waals surface area contributed by atoms with Crippen molar-refractivity contribution in [1.29, 1.82) is 0 Å². The van der Waals surface area contributed by atoms with E-state index in [0.717, 1.165) is 57.8 Å². The van der Waals surface area contributed by atoms with E-state index < -0.39 is 26.5 Å². The predicted octanol–water partition coefficient (Wildman–Crippen LogP) is 9.36. The number of likely N-dealkylation sites (N-methyl/N-ethyl adjacent to an activating group) is 1. The fraction of sp³-hybridized carbons (Fsp3) is 0.886. The Labute approximate surface area is 275 Å². The molecule has 0 aliphatic heterocycles. The van der Waals surface area contributed by atoms with E-state index in [9.17, 15) is 19.0 Å². The second-order valence-electron chi connectivity index (χ2n) is 12.1. The molecule has 0 amide bonds. The minimum Gasteiger partial charge on any atom is -0.462 e. The number of unbranched alkanes of at least 4 members (excludes halogenated alkanes) is 18. The fourth-order valence-electron chi connectivity index (χ4n) is 4.83. The molecule has 0 fully saturated rings. The molecule has 0 aliphatic carbocycles. The standard InChI is InChI=1S/C35H68NO8P/c1-4-6-8-10-12-14-16-18-20-22-24-26-28-35(38)44-33(32-43-45(39,40)42-30-29-36-3)31-41-34(37)27-25-23-21-19-17-15-13-11-9-7-5-2/h11,13,33,36H,4-10,12,14-32H2,1-3H3,(H,39,40)/b13-11-. The normalized spacial score (nSPS) is 13.6. The molecule has 0 aromatic rings. The molecule has 0 rings (SSSR count). The largest absolute Gasteiger partial charge is 0.472 e. The van der Waals surface area contributed by atoms with Gasteiger partial charge >= 0.3 is 19.8 Å². The van der Waals surface area contributed by atoms with Gasteiger partial charge in [0.1, 0.15) is 6.61 Å². The van der Waals surface area contributed by atoms with Gasteiger partial charge in [-0.05, 0) is 39.2 Å². The number of phosphoric ester groups is 1. The van der Waals surface area contributed by atoms with Crippen LogP contribution in [0, 0.1) is 0 Å². The number of carbonyl (C=O) groups excluding carboxylic acids is 2. The first-order valence-electron chi connectivity index (χ1n) is 18.1. The molecule has 0 bridgehead atoms. The number of carbonyl (C=O) groups is 2. The molecule has 0 aromatic carbocycles. The average molecular weight is 662 g/mol. The topological polar surface area (TPSA) is 120 Å². The van der Waals surface area contributed by atoms with Gasteiger partial charge in [0.25, 0.3) is 0 Å². The van der Waals surface area contributed by atoms with Crippen molar-refractivity contribution in [3.63, 3.8) is 0 Å². The van der Waals surface area contributed by atoms with Crippen molar-refractivity contribution in [3.8, 4) is 0 Å². The highest BCUT2D eigenvalue weighted by Gasteiger charge is 2.26. The zero-order chi connectivity index (χ0) is 33.3. The number of hydrogen-bond donors (Lipinski definition) is 2. The van der Waals surface area contributed by atoms with Crippen LogP contribution >= 0.6 is 7.82 Å². The zero-order valence-electron chi connectivity index (χ0n) is 29.1. The van der Waals surface area contributed by atoms with Gasteiger partial charge in [0, 0.05) is 19.4 Å². The van der Waals surface area contributed by atoms with Gasteiger partial charge < -0.3 is 19.7 Å². The van der Waals surface area contributed by atoms with E-state index in [1.165, 1.54) is 70.6 Å². The van der Waals surface area contributed by atoms with E-state index in [1.807, 2.05) is 0 Å². The molecular weight excluding hydrogens is 593 g/mol. The molecule has 0 aromatic heterocycles. The maximum atomic E-state index is 12.5. The van der Waals surface area contributed by atoms with E-state index >= 15 is 0 Å². The van der Waals surface area contributed by atoms with Crippen LogP contribution in [0.1, 0.15) is 162 Å². The quantitative estimate of drug-likeness (QED) is 0.0301. The third kappa shape index (κ3) is 32.5. The number of rotatable bonds is 34. The van der Waals surface area contributed by atoms with Crippen LogP contribution in [0.4, 0.5) is 0 Å². The number of allylic oxidation sites excluding steroid dienone is 2. The van der Waals surface area contributed by atoms with Crippen molar-refractivity contribution in [2.75, 3.05) is 33.4 Å². The first kappa shape index (κ1) is 43.8. The molecule has 2 unspecified atom stereocenters. The van der Waals surface area contributed by atoms with Crippen molar-refractivity contribution >= 4 is 19.8 Å². The lowest BCUT2D eigenvalue weighted by Gasteiger charge is -2.20. The molecular formula is C35H68NO8P. The number of nitrogens with one attached hydrogen (secondary N) is 1. The maximum Gasteiger partial charge on any atom is 0.472 e. The Balaban J connectivity index is 4.32. The summed E-state index contributed by atoms with van der Waals surface area (Å²) in [5, 5.41) is 2.81. The smallest absolute Gasteiger partial charge is 0.462 e. The van der Waals surface area contributed by atoms with Crippen LogP contribution in [0.15, 0.2) is 12.2 Å². The molecule has 266 valence electrons. The zero-order valence-corrected chi connectivity index (χ0v) is 30.0. The summed E-state index contributed by atoms with van der Waals surface area (Å²) in [4.78, 5) is 34.8. The summed E-state index contributed by atoms with van der Waals surface area (Å²) in [5.74, 6) is -0.816. The fourth-order valence-corrected chi connectivity index (χ4v) is 5.58. The van der Waals surface area contributed by atoms with Crippen molar-refractivity contribution in [2.24, 2.45) is 0 Å². The molecule has 10 heteroatoms. The number of hydrogen-bond acceptors (Lipinski definition) is 8. The Hall–Kier alpha value is -1.25. The van der Waals surface area contributed by atoms with Gasteiger partial charge in [-0.15, -0.1) is 0 Å². The van der Waals surface area contributed by atoms with Gasteiger partial charge in [-0.1, -0.05) is 129 Å². The van der Waals surface area contributed by atoms with Crippen LogP contribution in [0.3, 0.4) is 0 Å². The summed E-state index contributed by atoms with van der Waals surface area (Å²) < 4.78 is 33.0. The molecule has 0 saturated heterocycles. The summed E-state index contributed by atoms with van der Waals surface area (Å²) in [6.07, 6.45) is 28.2. The van der Waals surface area contributed by atoms with Gasteiger partial charge in [-0.2, -0.15) is 0 Å². The Kier molecular flexibility index (Phi) is 31.8. The molecule has 2 atom stereocenters. The molecule has 0 saturated carbocycles. The van der Waals surface area contributed by atoms with Crippen molar-refractivity contribution in [3.05, 3.63) is 12.2 Å². The Bertz CT molecular complexity index is 764. The van der Waals surface area contributed by atoms with Crippen molar-refractivity contribution in [1.82, 2.24) is 5.32 Å². The van der Waals surface area contributed by atoms with E-state index in [0.29, 0.717) is 13.0 Å². The first-order valence-corrected chi connectivity index (χ1v) is 19.6. The molecule has 45 heavy (non-hydrogen) atoms. The molecule has 0 spiro atoms. The maximum absolute atomic E-state index is 12.5. The van der Waals surface area contributed by atoms with Gasteiger partial charge in [-0.3, -0.25) is 18.6 Å². The van der Waals surface area contributed by atoms with Gasteiger partial charge in [0.2, 0.25) is 0 Å². The SMILES string of the molecule is CCCC/C=C\CCCCCCCC(=O)OCC(COP(=O)(O)OCCNC)OC(=O)CCCCCCCCCCCCCC. The summed E-state index contributed by atoms with van der Waals surface area (Å²) >= 11 is 0. The Morgan fingerprint density at radius 2 is 1.16 bits per heavy atom. The Morgan fingerprint density at radius 3 is 1.71 bits per heavy atom. The van der Waals surface area contributed by atoms with Crippen LogP contribution in [-0.2, 0) is 32.7 Å². The molecule has 9 nitrogen and oxygen atoms in total. The monoisotopic (exact) mass is 661 g/mol. The number of ether oxygens (including phenoxy) is 2. The lowest BCUT2D eigenvalue weighted by atomic mass is 10.0. The number of esters is 2. The lowest BCUT2D eigenvalue weighted by molar-refractivity contribution is -0.161. The highest BCUT2D eigenvalue weighted by molar-refractivity contribution is 7.47. The van der Waals surface area contributed by atoms with E-state index in [1.54, 1.807) is 7.05 Å².